The van der Waals surface area contributed by atoms with Crippen LogP contribution in [0.2, 0.25) is 0 Å². The summed E-state index contributed by atoms with van der Waals surface area (Å²) in [5, 5.41) is 31.9. The van der Waals surface area contributed by atoms with Crippen molar-refractivity contribution in [2.45, 2.75) is 57.7 Å². The van der Waals surface area contributed by atoms with Crippen LogP contribution in [0.4, 0.5) is 0 Å². The van der Waals surface area contributed by atoms with Crippen LogP contribution in [-0.4, -0.2) is 52.2 Å². The van der Waals surface area contributed by atoms with E-state index in [0.29, 0.717) is 12.8 Å². The third kappa shape index (κ3) is 2.34. The first-order valence-corrected chi connectivity index (χ1v) is 10.1. The molecule has 0 spiro atoms. The number of aliphatic imine (C=N–C) groups is 1. The molecular formula is C22H31NO4. The lowest BCUT2D eigenvalue weighted by Gasteiger charge is -2.59. The number of allylic oxidation sites excluding steroid dienone is 4. The van der Waals surface area contributed by atoms with Gasteiger partial charge in [0.15, 0.2) is 5.78 Å². The third-order valence-electron chi connectivity index (χ3n) is 8.52. The average molecular weight is 373 g/mol. The molecule has 5 heteroatoms. The molecule has 0 aromatic carbocycles. The van der Waals surface area contributed by atoms with Gasteiger partial charge in [0.2, 0.25) is 0 Å². The van der Waals surface area contributed by atoms with E-state index in [1.807, 2.05) is 13.0 Å². The van der Waals surface area contributed by atoms with Gasteiger partial charge in [-0.05, 0) is 56.1 Å². The van der Waals surface area contributed by atoms with Gasteiger partial charge in [-0.1, -0.05) is 25.5 Å². The third-order valence-corrected chi connectivity index (χ3v) is 8.52. The maximum Gasteiger partial charge on any atom is 0.190 e. The molecule has 0 saturated heterocycles. The van der Waals surface area contributed by atoms with Crippen LogP contribution in [0.25, 0.3) is 0 Å². The van der Waals surface area contributed by atoms with Gasteiger partial charge in [-0.25, -0.2) is 0 Å². The van der Waals surface area contributed by atoms with Crippen LogP contribution < -0.4 is 0 Å². The molecule has 0 heterocycles. The normalized spacial score (nSPS) is 50.0. The number of carbonyl (C=O) groups excluding carboxylic acids is 1. The van der Waals surface area contributed by atoms with Gasteiger partial charge in [0, 0.05) is 23.8 Å². The van der Waals surface area contributed by atoms with Crippen molar-refractivity contribution in [3.05, 3.63) is 23.8 Å². The molecule has 0 amide bonds. The molecule has 3 saturated carbocycles. The van der Waals surface area contributed by atoms with Crippen LogP contribution in [0.1, 0.15) is 46.0 Å². The number of carbonyl (C=O) groups is 1. The summed E-state index contributed by atoms with van der Waals surface area (Å²) in [6, 6.07) is 0. The lowest BCUT2D eigenvalue weighted by atomic mass is 9.46. The molecule has 3 unspecified atom stereocenters. The molecule has 27 heavy (non-hydrogen) atoms. The van der Waals surface area contributed by atoms with Gasteiger partial charge in [-0.3, -0.25) is 9.79 Å². The highest BCUT2D eigenvalue weighted by Gasteiger charge is 2.67. The van der Waals surface area contributed by atoms with Crippen LogP contribution in [0.5, 0.6) is 0 Å². The Kier molecular flexibility index (Phi) is 4.30. The number of hydrogen-bond acceptors (Lipinski definition) is 5. The fraction of sp³-hybridized carbons (Fsp3) is 0.727. The molecule has 0 radical (unpaired) electrons. The van der Waals surface area contributed by atoms with Gasteiger partial charge in [-0.15, -0.1) is 0 Å². The Bertz CT molecular complexity index is 755. The monoisotopic (exact) mass is 373 g/mol. The minimum atomic E-state index is -1.53. The van der Waals surface area contributed by atoms with Crippen molar-refractivity contribution < 1.29 is 20.1 Å². The molecule has 148 valence electrons. The predicted octanol–water partition coefficient (Wildman–Crippen LogP) is 2.06. The summed E-state index contributed by atoms with van der Waals surface area (Å²) < 4.78 is 0. The highest BCUT2D eigenvalue weighted by molar-refractivity contribution is 6.05. The SMILES string of the molecule is C/N=C1/C=C[C@@]2(C)C(=C1)CCC1C2[C@@H](O)C[C@@]2(C)C1CC[C@]2(O)C(=O)CO. The minimum absolute atomic E-state index is 0.0804. The summed E-state index contributed by atoms with van der Waals surface area (Å²) in [6.07, 6.45) is 9.28. The van der Waals surface area contributed by atoms with Gasteiger partial charge < -0.3 is 15.3 Å². The summed E-state index contributed by atoms with van der Waals surface area (Å²) in [4.78, 5) is 16.7. The van der Waals surface area contributed by atoms with Crippen molar-refractivity contribution in [2.24, 2.45) is 33.6 Å². The number of Topliss-reactive ketones (excluding diaryl/α,β-unsaturated/α-hetero) is 1. The van der Waals surface area contributed by atoms with Crippen molar-refractivity contribution in [1.29, 1.82) is 0 Å². The lowest BCUT2D eigenvalue weighted by Crippen LogP contribution is -2.61. The first-order valence-electron chi connectivity index (χ1n) is 10.1. The highest BCUT2D eigenvalue weighted by Crippen LogP contribution is 2.67. The highest BCUT2D eigenvalue weighted by atomic mass is 16.3. The van der Waals surface area contributed by atoms with Crippen molar-refractivity contribution in [3.63, 3.8) is 0 Å². The number of fused-ring (bicyclic) bond motifs is 5. The topological polar surface area (TPSA) is 90.1 Å². The van der Waals surface area contributed by atoms with E-state index in [9.17, 15) is 20.1 Å². The number of nitrogens with zero attached hydrogens (tertiary/aromatic N) is 1. The summed E-state index contributed by atoms with van der Waals surface area (Å²) >= 11 is 0. The number of ketones is 1. The van der Waals surface area contributed by atoms with Gasteiger partial charge in [0.05, 0.1) is 11.8 Å². The van der Waals surface area contributed by atoms with E-state index in [4.69, 9.17) is 0 Å². The molecule has 4 aliphatic carbocycles. The predicted molar refractivity (Wildman–Crippen MR) is 103 cm³/mol. The molecule has 5 nitrogen and oxygen atoms in total. The molecule has 3 fully saturated rings. The lowest BCUT2D eigenvalue weighted by molar-refractivity contribution is -0.178. The molecule has 0 aromatic heterocycles. The fourth-order valence-corrected chi connectivity index (χ4v) is 7.07. The number of rotatable bonds is 2. The molecule has 7 atom stereocenters. The number of hydrogen-bond donors (Lipinski definition) is 3. The van der Waals surface area contributed by atoms with Crippen molar-refractivity contribution in [3.8, 4) is 0 Å². The second kappa shape index (κ2) is 6.10. The maximum atomic E-state index is 12.4. The maximum absolute atomic E-state index is 12.4. The summed E-state index contributed by atoms with van der Waals surface area (Å²) in [5.41, 5.74) is -0.118. The Balaban J connectivity index is 1.74. The molecule has 3 N–H and O–H groups in total. The molecule has 0 aromatic rings. The average Bonchev–Trinajstić information content (AvgIpc) is 2.91. The molecule has 4 rings (SSSR count). The molecule has 4 aliphatic rings. The second-order valence-electron chi connectivity index (χ2n) is 9.44. The standard InChI is InChI=1S/C22H31NO4/c1-20-8-6-14(23-3)10-13(20)4-5-15-16-7-9-22(27,18(26)12-24)21(16,2)11-17(25)19(15)20/h6,8,10,15-17,19,24-25,27H,4-5,7,9,11-12H2,1-3H3/b23-14-/t15?,16?,17-,19?,20-,21-,22-/m0/s1. The van der Waals surface area contributed by atoms with E-state index in [1.54, 1.807) is 7.05 Å². The number of aliphatic hydroxyl groups excluding tert-OH is 2. The summed E-state index contributed by atoms with van der Waals surface area (Å²) in [7, 11) is 1.80. The van der Waals surface area contributed by atoms with E-state index in [0.717, 1.165) is 25.0 Å². The van der Waals surface area contributed by atoms with Crippen LogP contribution in [0.3, 0.4) is 0 Å². The van der Waals surface area contributed by atoms with Gasteiger partial charge in [0.1, 0.15) is 12.2 Å². The Morgan fingerprint density at radius 1 is 1.33 bits per heavy atom. The Hall–Kier alpha value is -1.30. The zero-order valence-electron chi connectivity index (χ0n) is 16.5. The smallest absolute Gasteiger partial charge is 0.190 e. The van der Waals surface area contributed by atoms with E-state index < -0.39 is 29.5 Å². The summed E-state index contributed by atoms with van der Waals surface area (Å²) in [5.74, 6) is 0.0181. The van der Waals surface area contributed by atoms with Crippen molar-refractivity contribution in [1.82, 2.24) is 0 Å². The van der Waals surface area contributed by atoms with Crippen LogP contribution >= 0.6 is 0 Å². The minimum Gasteiger partial charge on any atom is -0.393 e. The molecular weight excluding hydrogens is 342 g/mol. The van der Waals surface area contributed by atoms with E-state index in [1.165, 1.54) is 5.57 Å². The quantitative estimate of drug-likeness (QED) is 0.691. The fourth-order valence-electron chi connectivity index (χ4n) is 7.07. The zero-order chi connectivity index (χ0) is 19.6. The first kappa shape index (κ1) is 19.0. The van der Waals surface area contributed by atoms with Crippen molar-refractivity contribution >= 4 is 11.5 Å². The van der Waals surface area contributed by atoms with Gasteiger partial charge in [0.25, 0.3) is 0 Å². The van der Waals surface area contributed by atoms with Gasteiger partial charge >= 0.3 is 0 Å². The Morgan fingerprint density at radius 2 is 2.07 bits per heavy atom. The molecule has 0 bridgehead atoms. The first-order chi connectivity index (χ1) is 12.7. The van der Waals surface area contributed by atoms with Crippen LogP contribution in [-0.2, 0) is 4.79 Å². The van der Waals surface area contributed by atoms with Crippen LogP contribution in [0.15, 0.2) is 28.8 Å². The Morgan fingerprint density at radius 3 is 2.74 bits per heavy atom. The number of aliphatic hydroxyl groups is 3. The zero-order valence-corrected chi connectivity index (χ0v) is 16.5. The van der Waals surface area contributed by atoms with E-state index >= 15 is 0 Å². The van der Waals surface area contributed by atoms with Crippen LogP contribution in [0, 0.1) is 28.6 Å². The molecule has 0 aliphatic heterocycles. The van der Waals surface area contributed by atoms with E-state index in [2.05, 4.69) is 24.1 Å². The Labute approximate surface area is 160 Å². The largest absolute Gasteiger partial charge is 0.393 e. The van der Waals surface area contributed by atoms with E-state index in [-0.39, 0.29) is 23.2 Å². The summed E-state index contributed by atoms with van der Waals surface area (Å²) in [6.45, 7) is 3.52. The second-order valence-corrected chi connectivity index (χ2v) is 9.44. The van der Waals surface area contributed by atoms with Gasteiger partial charge in [-0.2, -0.15) is 0 Å². The van der Waals surface area contributed by atoms with Crippen molar-refractivity contribution in [2.75, 3.05) is 13.7 Å².